The van der Waals surface area contributed by atoms with E-state index in [0.29, 0.717) is 27.7 Å². The number of hydrogen-bond donors (Lipinski definition) is 1. The zero-order valence-corrected chi connectivity index (χ0v) is 29.4. The second-order valence-electron chi connectivity index (χ2n) is 13.0. The quantitative estimate of drug-likeness (QED) is 0.171. The molecule has 50 heavy (non-hydrogen) atoms. The van der Waals surface area contributed by atoms with Crippen molar-refractivity contribution in [3.05, 3.63) is 103 Å². The molecular formula is C37H32ClN3O7S2. The van der Waals surface area contributed by atoms with Gasteiger partial charge in [0, 0.05) is 26.8 Å². The van der Waals surface area contributed by atoms with Crippen LogP contribution in [0.4, 0.5) is 11.4 Å². The summed E-state index contributed by atoms with van der Waals surface area (Å²) in [6.07, 6.45) is 0.748. The maximum Gasteiger partial charge on any atom is 0.338 e. The highest BCUT2D eigenvalue weighted by Crippen LogP contribution is 2.69. The molecule has 13 heteroatoms. The summed E-state index contributed by atoms with van der Waals surface area (Å²) < 4.78 is 12.0. The van der Waals surface area contributed by atoms with Crippen molar-refractivity contribution in [3.8, 4) is 5.75 Å². The molecule has 4 aromatic rings. The van der Waals surface area contributed by atoms with Crippen molar-refractivity contribution in [1.82, 2.24) is 4.57 Å². The number of amides is 3. The third-order valence-corrected chi connectivity index (χ3v) is 13.5. The van der Waals surface area contributed by atoms with E-state index in [9.17, 15) is 24.0 Å². The second-order valence-corrected chi connectivity index (χ2v) is 15.6. The number of thioether (sulfide) groups is 1. The minimum Gasteiger partial charge on any atom is -0.497 e. The van der Waals surface area contributed by atoms with Gasteiger partial charge in [0.2, 0.25) is 17.7 Å². The van der Waals surface area contributed by atoms with E-state index in [4.69, 9.17) is 21.1 Å². The largest absolute Gasteiger partial charge is 0.497 e. The number of fused-ring (bicyclic) bond motifs is 9. The molecule has 4 aliphatic rings. The van der Waals surface area contributed by atoms with Crippen LogP contribution in [-0.2, 0) is 25.7 Å². The molecule has 8 rings (SSSR count). The maximum absolute atomic E-state index is 14.1. The molecule has 1 N–H and O–H groups in total. The molecule has 3 aromatic carbocycles. The number of nitrogens with zero attached hydrogens (tertiary/aromatic N) is 2. The Morgan fingerprint density at radius 1 is 0.920 bits per heavy atom. The predicted molar refractivity (Wildman–Crippen MR) is 190 cm³/mol. The summed E-state index contributed by atoms with van der Waals surface area (Å²) in [4.78, 5) is 69.1. The monoisotopic (exact) mass is 729 g/mol. The van der Waals surface area contributed by atoms with Gasteiger partial charge in [0.25, 0.3) is 0 Å². The van der Waals surface area contributed by atoms with Gasteiger partial charge in [0.15, 0.2) is 0 Å². The van der Waals surface area contributed by atoms with Crippen molar-refractivity contribution < 1.29 is 28.7 Å². The fourth-order valence-corrected chi connectivity index (χ4v) is 11.8. The number of benzene rings is 3. The van der Waals surface area contributed by atoms with Gasteiger partial charge in [-0.05, 0) is 97.3 Å². The highest BCUT2D eigenvalue weighted by atomic mass is 35.5. The van der Waals surface area contributed by atoms with Gasteiger partial charge in [0.05, 0.1) is 41.8 Å². The standard InChI is InChI=1S/C37H32ClN3O7S2/c1-3-48-36(45)19-4-10-21(11-5-19)39-26(42)17-40-35-32(50-37(40)46)27(18-6-14-23(47-2)15-7-18)28-24-16-25(31(28)49-35)30-29(24)33(43)41(34(30)44)22-12-8-20(38)9-13-22/h4-15,24-25,27-31H,3,16-17H2,1-2H3,(H,39,42). The highest BCUT2D eigenvalue weighted by molar-refractivity contribution is 8.00. The van der Waals surface area contributed by atoms with E-state index in [2.05, 4.69) is 5.32 Å². The number of halogens is 1. The van der Waals surface area contributed by atoms with Crippen LogP contribution in [0.15, 0.2) is 82.6 Å². The van der Waals surface area contributed by atoms with Crippen molar-refractivity contribution in [2.75, 3.05) is 23.9 Å². The van der Waals surface area contributed by atoms with Gasteiger partial charge in [-0.1, -0.05) is 35.1 Å². The number of carbonyl (C=O) groups excluding carboxylic acids is 4. The average Bonchev–Trinajstić information content (AvgIpc) is 3.84. The van der Waals surface area contributed by atoms with Crippen LogP contribution in [0.2, 0.25) is 5.02 Å². The number of rotatable bonds is 8. The Morgan fingerprint density at radius 2 is 1.60 bits per heavy atom. The number of aromatic nitrogens is 1. The van der Waals surface area contributed by atoms with Crippen molar-refractivity contribution in [2.45, 2.75) is 36.1 Å². The molecule has 7 unspecified atom stereocenters. The van der Waals surface area contributed by atoms with Gasteiger partial charge in [-0.15, -0.1) is 11.8 Å². The van der Waals surface area contributed by atoms with Crippen LogP contribution < -0.4 is 19.8 Å². The molecule has 1 saturated heterocycles. The van der Waals surface area contributed by atoms with Gasteiger partial charge < -0.3 is 14.8 Å². The molecule has 0 spiro atoms. The Morgan fingerprint density at radius 3 is 2.26 bits per heavy atom. The van der Waals surface area contributed by atoms with Crippen molar-refractivity contribution in [3.63, 3.8) is 0 Å². The number of hydrogen-bond acceptors (Lipinski definition) is 9. The van der Waals surface area contributed by atoms with E-state index in [0.717, 1.165) is 33.2 Å². The first-order valence-corrected chi connectivity index (χ1v) is 18.5. The fraction of sp³-hybridized carbons (Fsp3) is 0.324. The Labute approximate surface area is 300 Å². The van der Waals surface area contributed by atoms with Gasteiger partial charge in [0.1, 0.15) is 12.3 Å². The van der Waals surface area contributed by atoms with Crippen molar-refractivity contribution >= 4 is 69.8 Å². The molecule has 256 valence electrons. The number of anilines is 2. The summed E-state index contributed by atoms with van der Waals surface area (Å²) >= 11 is 8.82. The van der Waals surface area contributed by atoms with Crippen LogP contribution >= 0.6 is 34.7 Å². The summed E-state index contributed by atoms with van der Waals surface area (Å²) in [5, 5.41) is 4.05. The van der Waals surface area contributed by atoms with Gasteiger partial charge in [-0.2, -0.15) is 0 Å². The molecule has 7 atom stereocenters. The molecule has 3 fully saturated rings. The lowest BCUT2D eigenvalue weighted by molar-refractivity contribution is -0.123. The lowest BCUT2D eigenvalue weighted by Crippen LogP contribution is -2.43. The minimum atomic E-state index is -0.449. The number of carbonyl (C=O) groups is 4. The molecule has 2 bridgehead atoms. The topological polar surface area (TPSA) is 124 Å². The van der Waals surface area contributed by atoms with Crippen molar-refractivity contribution in [1.29, 1.82) is 0 Å². The summed E-state index contributed by atoms with van der Waals surface area (Å²) in [7, 11) is 1.61. The molecule has 3 amide bonds. The first-order chi connectivity index (χ1) is 24.2. The number of imide groups is 1. The molecule has 2 aliphatic carbocycles. The number of methoxy groups -OCH3 is 1. The van der Waals surface area contributed by atoms with Crippen LogP contribution in [0.5, 0.6) is 5.75 Å². The smallest absolute Gasteiger partial charge is 0.338 e. The number of ether oxygens (including phenoxy) is 2. The molecule has 1 aromatic heterocycles. The Kier molecular flexibility index (Phi) is 8.35. The number of thiazole rings is 1. The minimum absolute atomic E-state index is 0.00676. The van der Waals surface area contributed by atoms with Gasteiger partial charge in [-0.3, -0.25) is 28.6 Å². The molecule has 10 nitrogen and oxygen atoms in total. The Hall–Kier alpha value is -4.39. The summed E-state index contributed by atoms with van der Waals surface area (Å²) in [6.45, 7) is 1.79. The third kappa shape index (κ3) is 5.27. The zero-order valence-electron chi connectivity index (χ0n) is 27.0. The van der Waals surface area contributed by atoms with Crippen LogP contribution in [0.3, 0.4) is 0 Å². The normalized spacial score (nSPS) is 26.0. The Bertz CT molecular complexity index is 2080. The van der Waals surface area contributed by atoms with Crippen LogP contribution in [-0.4, -0.2) is 47.2 Å². The average molecular weight is 730 g/mol. The fourth-order valence-electron chi connectivity index (χ4n) is 8.53. The van der Waals surface area contributed by atoms with Crippen LogP contribution in [0, 0.1) is 29.6 Å². The molecule has 0 radical (unpaired) electrons. The molecule has 3 heterocycles. The molecular weight excluding hydrogens is 698 g/mol. The zero-order chi connectivity index (χ0) is 34.8. The van der Waals surface area contributed by atoms with E-state index in [1.807, 2.05) is 24.3 Å². The second kappa shape index (κ2) is 12.7. The molecule has 2 aliphatic heterocycles. The van der Waals surface area contributed by atoms with E-state index in [1.54, 1.807) is 74.3 Å². The van der Waals surface area contributed by atoms with Gasteiger partial charge >= 0.3 is 10.8 Å². The highest BCUT2D eigenvalue weighted by Gasteiger charge is 2.69. The summed E-state index contributed by atoms with van der Waals surface area (Å²) in [5.74, 6) is -1.69. The van der Waals surface area contributed by atoms with Crippen LogP contribution in [0.1, 0.15) is 40.1 Å². The number of nitrogens with one attached hydrogen (secondary N) is 1. The molecule has 2 saturated carbocycles. The van der Waals surface area contributed by atoms with E-state index in [-0.39, 0.29) is 64.7 Å². The third-order valence-electron chi connectivity index (χ3n) is 10.5. The predicted octanol–water partition coefficient (Wildman–Crippen LogP) is 6.07. The SMILES string of the molecule is CCOC(=O)c1ccc(NC(=O)Cn2c3c(sc2=O)C(c2ccc(OC)cc2)C2C4CC(C2S3)C2C(=O)N(c3ccc(Cl)cc3)C(=O)C42)cc1. The van der Waals surface area contributed by atoms with Gasteiger partial charge in [-0.25, -0.2) is 4.79 Å². The van der Waals surface area contributed by atoms with E-state index < -0.39 is 17.8 Å². The summed E-state index contributed by atoms with van der Waals surface area (Å²) in [6, 6.07) is 21.0. The first-order valence-electron chi connectivity index (χ1n) is 16.4. The first kappa shape index (κ1) is 32.8. The van der Waals surface area contributed by atoms with Crippen molar-refractivity contribution in [2.24, 2.45) is 29.6 Å². The van der Waals surface area contributed by atoms with E-state index >= 15 is 0 Å². The Balaban J connectivity index is 1.12. The van der Waals surface area contributed by atoms with Crippen LogP contribution in [0.25, 0.3) is 0 Å². The van der Waals surface area contributed by atoms with E-state index in [1.165, 1.54) is 9.47 Å². The lowest BCUT2D eigenvalue weighted by atomic mass is 9.68. The summed E-state index contributed by atoms with van der Waals surface area (Å²) in [5.41, 5.74) is 2.38. The maximum atomic E-state index is 14.1. The lowest BCUT2D eigenvalue weighted by Gasteiger charge is -2.43. The number of esters is 1.